The van der Waals surface area contributed by atoms with Crippen molar-refractivity contribution in [3.05, 3.63) is 92.5 Å². The number of hydrogen-bond acceptors (Lipinski definition) is 5. The van der Waals surface area contributed by atoms with E-state index in [0.717, 1.165) is 47.2 Å². The highest BCUT2D eigenvalue weighted by Crippen LogP contribution is 2.65. The van der Waals surface area contributed by atoms with Gasteiger partial charge in [0, 0.05) is 46.7 Å². The second-order valence-corrected chi connectivity index (χ2v) is 13.5. The Balaban J connectivity index is 0.00000325. The van der Waals surface area contributed by atoms with Crippen LogP contribution in [0.25, 0.3) is 11.0 Å². The first-order valence-electron chi connectivity index (χ1n) is 15.1. The molecule has 1 unspecified atom stereocenters. The molecule has 45 heavy (non-hydrogen) atoms. The lowest BCUT2D eigenvalue weighted by Gasteiger charge is -2.43. The van der Waals surface area contributed by atoms with Crippen LogP contribution in [-0.4, -0.2) is 45.5 Å². The highest BCUT2D eigenvalue weighted by Gasteiger charge is 2.70. The summed E-state index contributed by atoms with van der Waals surface area (Å²) in [4.78, 5) is 34.9. The molecule has 0 radical (unpaired) electrons. The van der Waals surface area contributed by atoms with Crippen molar-refractivity contribution in [2.45, 2.75) is 76.5 Å². The largest absolute Gasteiger partial charge is 0.465 e. The van der Waals surface area contributed by atoms with Crippen LogP contribution in [0.15, 0.2) is 48.5 Å². The minimum absolute atomic E-state index is 0. The molecule has 8 rings (SSSR count). The molecule has 7 nitrogen and oxygen atoms in total. The van der Waals surface area contributed by atoms with E-state index >= 15 is 4.39 Å². The van der Waals surface area contributed by atoms with E-state index in [9.17, 15) is 9.59 Å². The molecular weight excluding hydrogens is 614 g/mol. The number of methoxy groups -OCH3 is 1. The SMILES string of the molecule is C.COC(=O)c1cc2c(cc1C)nc1n2CC[C@H]2[C@@H]1[C@H](c1cccc(Cl)c1F)[C@]1(C(=O)Nc3cc(Cl)ccc31)N2C(C)C1CC1. The highest BCUT2D eigenvalue weighted by atomic mass is 35.5. The lowest BCUT2D eigenvalue weighted by molar-refractivity contribution is -0.129. The first-order valence-corrected chi connectivity index (χ1v) is 15.8. The van der Waals surface area contributed by atoms with Gasteiger partial charge in [-0.05, 0) is 80.5 Å². The molecule has 5 atom stereocenters. The van der Waals surface area contributed by atoms with Crippen LogP contribution in [0.5, 0.6) is 0 Å². The van der Waals surface area contributed by atoms with Gasteiger partial charge in [0.15, 0.2) is 0 Å². The van der Waals surface area contributed by atoms with Crippen LogP contribution in [0.3, 0.4) is 0 Å². The normalized spacial score (nSPS) is 25.8. The van der Waals surface area contributed by atoms with Crippen molar-refractivity contribution in [1.29, 1.82) is 0 Å². The monoisotopic (exact) mass is 648 g/mol. The molecule has 1 saturated heterocycles. The van der Waals surface area contributed by atoms with E-state index in [2.05, 4.69) is 21.7 Å². The van der Waals surface area contributed by atoms with Gasteiger partial charge in [0.05, 0.1) is 28.7 Å². The molecule has 3 aliphatic heterocycles. The zero-order chi connectivity index (χ0) is 30.7. The number of benzene rings is 3. The minimum atomic E-state index is -1.22. The number of amides is 1. The predicted octanol–water partition coefficient (Wildman–Crippen LogP) is 7.81. The van der Waals surface area contributed by atoms with Gasteiger partial charge < -0.3 is 14.6 Å². The van der Waals surface area contributed by atoms with Gasteiger partial charge in [0.25, 0.3) is 0 Å². The number of fused-ring (bicyclic) bond motifs is 7. The van der Waals surface area contributed by atoms with E-state index in [1.807, 2.05) is 31.2 Å². The summed E-state index contributed by atoms with van der Waals surface area (Å²) in [5.41, 5.74) is 3.43. The van der Waals surface area contributed by atoms with Crippen LogP contribution in [0.2, 0.25) is 10.0 Å². The number of nitrogens with one attached hydrogen (secondary N) is 1. The van der Waals surface area contributed by atoms with E-state index in [1.165, 1.54) is 7.11 Å². The van der Waals surface area contributed by atoms with E-state index < -0.39 is 23.2 Å². The van der Waals surface area contributed by atoms with Gasteiger partial charge in [-0.15, -0.1) is 0 Å². The Morgan fingerprint density at radius 3 is 2.67 bits per heavy atom. The number of carbonyl (C=O) groups excluding carboxylic acids is 2. The molecule has 0 bridgehead atoms. The first-order chi connectivity index (χ1) is 21.2. The van der Waals surface area contributed by atoms with E-state index in [4.69, 9.17) is 32.9 Å². The van der Waals surface area contributed by atoms with Crippen molar-refractivity contribution in [3.8, 4) is 0 Å². The molecular formula is C35H35Cl2FN4O3. The fraction of sp³-hybridized carbons (Fsp3) is 0.400. The third-order valence-electron chi connectivity index (χ3n) is 10.5. The number of aryl methyl sites for hydroxylation is 2. The Morgan fingerprint density at radius 1 is 1.16 bits per heavy atom. The van der Waals surface area contributed by atoms with E-state index in [0.29, 0.717) is 34.3 Å². The van der Waals surface area contributed by atoms with E-state index in [1.54, 1.807) is 24.3 Å². The first kappa shape index (κ1) is 30.2. The van der Waals surface area contributed by atoms with Gasteiger partial charge in [-0.2, -0.15) is 0 Å². The summed E-state index contributed by atoms with van der Waals surface area (Å²) in [6, 6.07) is 14.3. The molecule has 1 aliphatic carbocycles. The summed E-state index contributed by atoms with van der Waals surface area (Å²) in [6.07, 6.45) is 2.90. The average molecular weight is 650 g/mol. The second-order valence-electron chi connectivity index (χ2n) is 12.7. The number of esters is 1. The quantitative estimate of drug-likeness (QED) is 0.228. The molecule has 1 saturated carbocycles. The van der Waals surface area contributed by atoms with Gasteiger partial charge in [0.1, 0.15) is 17.2 Å². The van der Waals surface area contributed by atoms with Crippen molar-refractivity contribution in [1.82, 2.24) is 14.5 Å². The number of nitrogens with zero attached hydrogens (tertiary/aromatic N) is 3. The lowest BCUT2D eigenvalue weighted by atomic mass is 9.70. The maximum Gasteiger partial charge on any atom is 0.338 e. The molecule has 1 aromatic heterocycles. The lowest BCUT2D eigenvalue weighted by Crippen LogP contribution is -2.56. The molecule has 3 aromatic carbocycles. The van der Waals surface area contributed by atoms with Crippen molar-refractivity contribution in [2.24, 2.45) is 5.92 Å². The van der Waals surface area contributed by atoms with Crippen molar-refractivity contribution < 1.29 is 18.7 Å². The highest BCUT2D eigenvalue weighted by molar-refractivity contribution is 6.31. The number of aromatic nitrogens is 2. The third-order valence-corrected chi connectivity index (χ3v) is 11.0. The molecule has 4 aliphatic rings. The molecule has 1 N–H and O–H groups in total. The fourth-order valence-electron chi connectivity index (χ4n) is 8.56. The predicted molar refractivity (Wildman–Crippen MR) is 174 cm³/mol. The van der Waals surface area contributed by atoms with Crippen LogP contribution in [-0.2, 0) is 21.6 Å². The third kappa shape index (κ3) is 4.08. The zero-order valence-electron chi connectivity index (χ0n) is 24.5. The molecule has 1 spiro atoms. The van der Waals surface area contributed by atoms with Gasteiger partial charge >= 0.3 is 5.97 Å². The molecule has 4 heterocycles. The number of hydrogen-bond donors (Lipinski definition) is 1. The maximum absolute atomic E-state index is 16.3. The Bertz CT molecular complexity index is 1910. The van der Waals surface area contributed by atoms with Gasteiger partial charge in [-0.25, -0.2) is 14.2 Å². The Hall–Kier alpha value is -3.46. The molecule has 234 valence electrons. The van der Waals surface area contributed by atoms with Gasteiger partial charge in [0.2, 0.25) is 5.91 Å². The van der Waals surface area contributed by atoms with Crippen LogP contribution in [0.4, 0.5) is 10.1 Å². The average Bonchev–Trinajstić information content (AvgIpc) is 3.65. The molecule has 1 amide bonds. The molecule has 4 aromatic rings. The Morgan fingerprint density at radius 2 is 1.93 bits per heavy atom. The number of likely N-dealkylation sites (tertiary alicyclic amines) is 1. The number of anilines is 1. The van der Waals surface area contributed by atoms with Gasteiger partial charge in [-0.3, -0.25) is 9.69 Å². The fourth-order valence-corrected chi connectivity index (χ4v) is 8.91. The number of imidazole rings is 1. The Labute approximate surface area is 271 Å². The van der Waals surface area contributed by atoms with Crippen LogP contribution < -0.4 is 5.32 Å². The summed E-state index contributed by atoms with van der Waals surface area (Å²) in [5, 5.41) is 3.67. The summed E-state index contributed by atoms with van der Waals surface area (Å²) in [5.74, 6) is -0.896. The van der Waals surface area contributed by atoms with Crippen molar-refractivity contribution >= 4 is 51.8 Å². The topological polar surface area (TPSA) is 76.5 Å². The van der Waals surface area contributed by atoms with Crippen LogP contribution in [0, 0.1) is 18.7 Å². The van der Waals surface area contributed by atoms with E-state index in [-0.39, 0.29) is 36.4 Å². The van der Waals surface area contributed by atoms with Crippen molar-refractivity contribution in [3.63, 3.8) is 0 Å². The summed E-state index contributed by atoms with van der Waals surface area (Å²) < 4.78 is 23.6. The summed E-state index contributed by atoms with van der Waals surface area (Å²) in [6.45, 7) is 4.71. The summed E-state index contributed by atoms with van der Waals surface area (Å²) in [7, 11) is 1.37. The molecule has 10 heteroatoms. The summed E-state index contributed by atoms with van der Waals surface area (Å²) >= 11 is 12.9. The van der Waals surface area contributed by atoms with Crippen LogP contribution >= 0.6 is 23.2 Å². The zero-order valence-corrected chi connectivity index (χ0v) is 26.0. The number of rotatable bonds is 4. The molecule has 2 fully saturated rings. The van der Waals surface area contributed by atoms with Gasteiger partial charge in [-0.1, -0.05) is 48.8 Å². The standard InChI is InChI=1S/C34H31Cl2FN4O3.CH4/c1-16-13-25-27(15-21(16)32(42)44-3)40-12-11-26-28(31(40)38-25)29(20-5-4-6-23(36)30(20)37)34(41(26)17(2)18-7-8-18)22-10-9-19(35)14-24(22)39-33(34)43;/h4-6,9-10,13-15,17-18,26,28-29H,7-8,11-12H2,1-3H3,(H,39,43);1H4/t17?,26-,28+,29-,34+;/m0./s1. The maximum atomic E-state index is 16.3. The van der Waals surface area contributed by atoms with Crippen LogP contribution in [0.1, 0.15) is 78.3 Å². The number of halogens is 3. The number of ether oxygens (including phenoxy) is 1. The number of carbonyl (C=O) groups is 2. The smallest absolute Gasteiger partial charge is 0.338 e. The second kappa shape index (κ2) is 10.5. The minimum Gasteiger partial charge on any atom is -0.465 e. The Kier molecular flexibility index (Phi) is 7.08. The van der Waals surface area contributed by atoms with Crippen molar-refractivity contribution in [2.75, 3.05) is 12.4 Å².